The van der Waals surface area contributed by atoms with Crippen LogP contribution in [0.25, 0.3) is 0 Å². The maximum Gasteiger partial charge on any atom is 0.472 e. The van der Waals surface area contributed by atoms with E-state index in [1.807, 2.05) is 0 Å². The lowest BCUT2D eigenvalue weighted by Gasteiger charge is -2.21. The lowest BCUT2D eigenvalue weighted by atomic mass is 10.0. The van der Waals surface area contributed by atoms with Gasteiger partial charge in [0, 0.05) is 25.7 Å². The average molecular weight is 1400 g/mol. The molecule has 0 aliphatic carbocycles. The highest BCUT2D eigenvalue weighted by Crippen LogP contribution is 2.45. The second-order valence-electron chi connectivity index (χ2n) is 27.9. The first-order chi connectivity index (χ1) is 46.0. The molecule has 0 aliphatic heterocycles. The van der Waals surface area contributed by atoms with E-state index in [1.165, 1.54) is 225 Å². The zero-order valence-electron chi connectivity index (χ0n) is 61.8. The Hall–Kier alpha value is -1.94. The van der Waals surface area contributed by atoms with Crippen molar-refractivity contribution in [2.45, 2.75) is 419 Å². The zero-order chi connectivity index (χ0) is 69.8. The lowest BCUT2D eigenvalue weighted by Crippen LogP contribution is -2.30. The first kappa shape index (κ1) is 93.1. The number of aliphatic hydroxyl groups is 1. The smallest absolute Gasteiger partial charge is 0.462 e. The van der Waals surface area contributed by atoms with Crippen LogP contribution in [-0.2, 0) is 65.4 Å². The van der Waals surface area contributed by atoms with Crippen molar-refractivity contribution >= 4 is 39.5 Å². The van der Waals surface area contributed by atoms with Gasteiger partial charge in [-0.05, 0) is 31.6 Å². The molecule has 3 N–H and O–H groups in total. The number of hydrogen-bond donors (Lipinski definition) is 3. The van der Waals surface area contributed by atoms with Gasteiger partial charge in [-0.15, -0.1) is 0 Å². The largest absolute Gasteiger partial charge is 0.472 e. The van der Waals surface area contributed by atoms with Crippen LogP contribution in [0.3, 0.4) is 0 Å². The molecule has 0 saturated carbocycles. The molecule has 0 bridgehead atoms. The summed E-state index contributed by atoms with van der Waals surface area (Å²) in [5, 5.41) is 10.6. The molecule has 17 nitrogen and oxygen atoms in total. The molecule has 0 spiro atoms. The summed E-state index contributed by atoms with van der Waals surface area (Å²) < 4.78 is 68.6. The van der Waals surface area contributed by atoms with E-state index in [2.05, 4.69) is 34.6 Å². The van der Waals surface area contributed by atoms with Crippen molar-refractivity contribution in [2.75, 3.05) is 39.6 Å². The summed E-state index contributed by atoms with van der Waals surface area (Å²) in [6, 6.07) is 0. The number of unbranched alkanes of at least 4 members (excludes halogenated alkanes) is 48. The molecule has 0 amide bonds. The first-order valence-electron chi connectivity index (χ1n) is 39.6. The van der Waals surface area contributed by atoms with Crippen molar-refractivity contribution < 1.29 is 80.2 Å². The third-order valence-corrected chi connectivity index (χ3v) is 19.7. The fraction of sp³-hybridized carbons (Fsp3) is 0.947. The van der Waals surface area contributed by atoms with Gasteiger partial charge in [0.25, 0.3) is 0 Å². The molecule has 0 aliphatic rings. The topological polar surface area (TPSA) is 237 Å². The zero-order valence-corrected chi connectivity index (χ0v) is 63.6. The third kappa shape index (κ3) is 70.3. The molecule has 19 heteroatoms. The van der Waals surface area contributed by atoms with Crippen LogP contribution in [0, 0.1) is 5.92 Å². The minimum Gasteiger partial charge on any atom is -0.462 e. The quantitative estimate of drug-likeness (QED) is 0.0222. The van der Waals surface area contributed by atoms with Gasteiger partial charge < -0.3 is 33.8 Å². The minimum absolute atomic E-state index is 0.108. The maximum atomic E-state index is 13.1. The van der Waals surface area contributed by atoms with Crippen molar-refractivity contribution in [2.24, 2.45) is 5.92 Å². The number of phosphoric acid groups is 2. The average Bonchev–Trinajstić information content (AvgIpc) is 1.33. The number of ether oxygens (including phenoxy) is 4. The second-order valence-corrected chi connectivity index (χ2v) is 30.8. The van der Waals surface area contributed by atoms with Crippen molar-refractivity contribution in [3.05, 3.63) is 0 Å². The van der Waals surface area contributed by atoms with Crippen LogP contribution in [0.1, 0.15) is 401 Å². The Bertz CT molecular complexity index is 1820. The van der Waals surface area contributed by atoms with E-state index in [0.717, 1.165) is 95.8 Å². The van der Waals surface area contributed by atoms with Crippen LogP contribution >= 0.6 is 15.6 Å². The summed E-state index contributed by atoms with van der Waals surface area (Å²) >= 11 is 0. The minimum atomic E-state index is -4.96. The van der Waals surface area contributed by atoms with Crippen LogP contribution in [0.4, 0.5) is 0 Å². The Morgan fingerprint density at radius 2 is 0.484 bits per heavy atom. The number of aliphatic hydroxyl groups excluding tert-OH is 1. The molecule has 0 saturated heterocycles. The molecule has 0 aromatic carbocycles. The molecule has 0 aromatic heterocycles. The van der Waals surface area contributed by atoms with Gasteiger partial charge in [0.2, 0.25) is 0 Å². The summed E-state index contributed by atoms with van der Waals surface area (Å²) in [6.45, 7) is 7.32. The molecule has 564 valence electrons. The highest BCUT2D eigenvalue weighted by Gasteiger charge is 2.30. The van der Waals surface area contributed by atoms with Crippen molar-refractivity contribution in [3.63, 3.8) is 0 Å². The SMILES string of the molecule is CCCCCCCCCCCCCCCCC(=O)OC[C@H](COP(=O)(O)OC[C@@H](O)COP(=O)(O)OC[C@@H](COC(=O)CCCCCCCCCCCCCC)OC(=O)CCCCCCCCCCCCCC)OC(=O)CCCCCCCCCCCCCCCCC(C)C. The van der Waals surface area contributed by atoms with Gasteiger partial charge in [-0.25, -0.2) is 9.13 Å². The summed E-state index contributed by atoms with van der Waals surface area (Å²) in [6.07, 6.45) is 58.0. The van der Waals surface area contributed by atoms with Crippen LogP contribution in [0.2, 0.25) is 0 Å². The fourth-order valence-electron chi connectivity index (χ4n) is 11.7. The Labute approximate surface area is 581 Å². The molecule has 0 rings (SSSR count). The van der Waals surface area contributed by atoms with Crippen LogP contribution in [0.15, 0.2) is 0 Å². The van der Waals surface area contributed by atoms with E-state index in [0.29, 0.717) is 25.7 Å². The van der Waals surface area contributed by atoms with Gasteiger partial charge in [-0.3, -0.25) is 37.3 Å². The van der Waals surface area contributed by atoms with Gasteiger partial charge in [0.05, 0.1) is 26.4 Å². The van der Waals surface area contributed by atoms with E-state index in [1.54, 1.807) is 0 Å². The van der Waals surface area contributed by atoms with Crippen molar-refractivity contribution in [1.29, 1.82) is 0 Å². The van der Waals surface area contributed by atoms with E-state index >= 15 is 0 Å². The molecule has 5 atom stereocenters. The van der Waals surface area contributed by atoms with Crippen LogP contribution in [0.5, 0.6) is 0 Å². The Morgan fingerprint density at radius 1 is 0.284 bits per heavy atom. The number of esters is 4. The van der Waals surface area contributed by atoms with Crippen LogP contribution < -0.4 is 0 Å². The summed E-state index contributed by atoms with van der Waals surface area (Å²) in [5.41, 5.74) is 0. The molecule has 0 radical (unpaired) electrons. The Kier molecular flexibility index (Phi) is 67.7. The van der Waals surface area contributed by atoms with Gasteiger partial charge in [0.1, 0.15) is 19.3 Å². The Balaban J connectivity index is 5.25. The predicted molar refractivity (Wildman–Crippen MR) is 386 cm³/mol. The monoisotopic (exact) mass is 1400 g/mol. The van der Waals surface area contributed by atoms with E-state index in [9.17, 15) is 43.2 Å². The van der Waals surface area contributed by atoms with Gasteiger partial charge in [0.15, 0.2) is 12.2 Å². The molecule has 2 unspecified atom stereocenters. The standard InChI is InChI=1S/C76H148O17P2/c1-6-9-12-15-18-21-24-27-31-36-40-45-50-55-60-74(79)87-66-72(93-76(81)62-57-52-47-42-37-32-29-28-30-33-38-43-48-53-58-69(4)5)68-91-95(84,85)89-64-70(77)63-88-94(82,83)90-67-71(92-75(80)61-56-51-46-41-35-26-23-20-17-14-11-8-3)65-86-73(78)59-54-49-44-39-34-25-22-19-16-13-10-7-2/h69-72,77H,6-68H2,1-5H3,(H,82,83)(H,84,85)/t70-,71+,72+/m0/s1. The van der Waals surface area contributed by atoms with Gasteiger partial charge >= 0.3 is 39.5 Å². The van der Waals surface area contributed by atoms with E-state index in [4.69, 9.17) is 37.0 Å². The van der Waals surface area contributed by atoms with E-state index < -0.39 is 97.5 Å². The highest BCUT2D eigenvalue weighted by molar-refractivity contribution is 7.47. The fourth-order valence-corrected chi connectivity index (χ4v) is 13.3. The summed E-state index contributed by atoms with van der Waals surface area (Å²) in [4.78, 5) is 72.8. The Morgan fingerprint density at radius 3 is 0.716 bits per heavy atom. The van der Waals surface area contributed by atoms with Crippen molar-refractivity contribution in [1.82, 2.24) is 0 Å². The first-order valence-corrected chi connectivity index (χ1v) is 42.6. The van der Waals surface area contributed by atoms with Crippen LogP contribution in [-0.4, -0.2) is 96.7 Å². The molecule has 0 fully saturated rings. The van der Waals surface area contributed by atoms with Gasteiger partial charge in [-0.2, -0.15) is 0 Å². The number of phosphoric ester groups is 2. The lowest BCUT2D eigenvalue weighted by molar-refractivity contribution is -0.161. The number of carbonyl (C=O) groups excluding carboxylic acids is 4. The van der Waals surface area contributed by atoms with Crippen molar-refractivity contribution in [3.8, 4) is 0 Å². The molecule has 0 heterocycles. The maximum absolute atomic E-state index is 13.1. The molecular weight excluding hydrogens is 1250 g/mol. The molecular formula is C76H148O17P2. The number of hydrogen-bond acceptors (Lipinski definition) is 15. The summed E-state index contributed by atoms with van der Waals surface area (Å²) in [7, 11) is -9.91. The van der Waals surface area contributed by atoms with E-state index in [-0.39, 0.29) is 25.7 Å². The normalized spacial score (nSPS) is 13.9. The highest BCUT2D eigenvalue weighted by atomic mass is 31.2. The van der Waals surface area contributed by atoms with Gasteiger partial charge in [-0.1, -0.05) is 349 Å². The summed E-state index contributed by atoms with van der Waals surface area (Å²) in [5.74, 6) is -1.31. The second kappa shape index (κ2) is 69.2. The number of rotatable bonds is 76. The predicted octanol–water partition coefficient (Wildman–Crippen LogP) is 22.5. The number of carbonyl (C=O) groups is 4. The molecule has 0 aromatic rings. The third-order valence-electron chi connectivity index (χ3n) is 17.8. The molecule has 95 heavy (non-hydrogen) atoms.